The zero-order valence-electron chi connectivity index (χ0n) is 16.0. The van der Waals surface area contributed by atoms with Gasteiger partial charge in [-0.3, -0.25) is 0 Å². The van der Waals surface area contributed by atoms with E-state index >= 15 is 0 Å². The second kappa shape index (κ2) is 10.3. The molecule has 2 nitrogen and oxygen atoms in total. The van der Waals surface area contributed by atoms with Crippen LogP contribution < -0.4 is 0 Å². The van der Waals surface area contributed by atoms with Crippen LogP contribution in [-0.4, -0.2) is 12.6 Å². The first-order chi connectivity index (χ1) is 11.6. The maximum absolute atomic E-state index is 11.4. The summed E-state index contributed by atoms with van der Waals surface area (Å²) in [5, 5.41) is 0. The Balaban J connectivity index is 1.57. The highest BCUT2D eigenvalue weighted by molar-refractivity contribution is 5.86. The third-order valence-corrected chi connectivity index (χ3v) is 6.48. The van der Waals surface area contributed by atoms with Crippen LogP contribution >= 0.6 is 0 Å². The van der Waals surface area contributed by atoms with E-state index in [9.17, 15) is 4.79 Å². The Labute approximate surface area is 149 Å². The van der Waals surface area contributed by atoms with Gasteiger partial charge in [-0.15, -0.1) is 0 Å². The summed E-state index contributed by atoms with van der Waals surface area (Å²) in [6, 6.07) is 0. The van der Waals surface area contributed by atoms with Crippen molar-refractivity contribution in [2.75, 3.05) is 6.61 Å². The van der Waals surface area contributed by atoms with Gasteiger partial charge >= 0.3 is 5.97 Å². The smallest absolute Gasteiger partial charge is 0.333 e. The molecule has 0 unspecified atom stereocenters. The van der Waals surface area contributed by atoms with Crippen molar-refractivity contribution < 1.29 is 9.53 Å². The fraction of sp³-hybridized carbons (Fsp3) is 0.864. The predicted molar refractivity (Wildman–Crippen MR) is 101 cm³/mol. The number of carbonyl (C=O) groups is 1. The van der Waals surface area contributed by atoms with Crippen molar-refractivity contribution in [1.82, 2.24) is 0 Å². The Morgan fingerprint density at radius 1 is 0.917 bits per heavy atom. The van der Waals surface area contributed by atoms with E-state index in [4.69, 9.17) is 4.74 Å². The van der Waals surface area contributed by atoms with Gasteiger partial charge in [0.2, 0.25) is 0 Å². The molecule has 0 aromatic heterocycles. The van der Waals surface area contributed by atoms with Crippen molar-refractivity contribution in [2.24, 2.45) is 23.7 Å². The first kappa shape index (κ1) is 19.5. The molecule has 0 radical (unpaired) electrons. The van der Waals surface area contributed by atoms with E-state index in [1.165, 1.54) is 70.6 Å². The SMILES string of the molecule is C=C(C)C(=O)OCCCC1CCC(C2CCC(CCC)CC2)CC1. The number of ether oxygens (including phenoxy) is 1. The van der Waals surface area contributed by atoms with E-state index in [1.54, 1.807) is 6.92 Å². The molecule has 0 heterocycles. The van der Waals surface area contributed by atoms with E-state index in [0.29, 0.717) is 12.2 Å². The van der Waals surface area contributed by atoms with Crippen LogP contribution in [0.1, 0.15) is 90.9 Å². The third-order valence-electron chi connectivity index (χ3n) is 6.48. The average molecular weight is 335 g/mol. The predicted octanol–water partition coefficient (Wildman–Crippen LogP) is 6.30. The average Bonchev–Trinajstić information content (AvgIpc) is 2.60. The first-order valence-electron chi connectivity index (χ1n) is 10.4. The Bertz CT molecular complexity index is 385. The second-order valence-electron chi connectivity index (χ2n) is 8.41. The van der Waals surface area contributed by atoms with E-state index < -0.39 is 0 Å². The van der Waals surface area contributed by atoms with Gasteiger partial charge in [0.15, 0.2) is 0 Å². The summed E-state index contributed by atoms with van der Waals surface area (Å²) in [6.07, 6.45) is 16.7. The summed E-state index contributed by atoms with van der Waals surface area (Å²) in [4.78, 5) is 11.4. The zero-order valence-corrected chi connectivity index (χ0v) is 16.0. The van der Waals surface area contributed by atoms with Crippen LogP contribution in [0.25, 0.3) is 0 Å². The molecule has 2 saturated carbocycles. The summed E-state index contributed by atoms with van der Waals surface area (Å²) < 4.78 is 5.20. The van der Waals surface area contributed by atoms with Gasteiger partial charge in [-0.2, -0.15) is 0 Å². The van der Waals surface area contributed by atoms with Crippen molar-refractivity contribution in [2.45, 2.75) is 90.9 Å². The molecule has 0 saturated heterocycles. The van der Waals surface area contributed by atoms with Crippen LogP contribution in [0, 0.1) is 23.7 Å². The van der Waals surface area contributed by atoms with Gasteiger partial charge in [0, 0.05) is 5.57 Å². The molecule has 0 spiro atoms. The number of rotatable bonds is 8. The standard InChI is InChI=1S/C22H38O2/c1-4-6-18-8-12-20(13-9-18)21-14-10-19(11-15-21)7-5-16-24-22(23)17(2)3/h18-21H,2,4-16H2,1,3H3. The van der Waals surface area contributed by atoms with Crippen molar-refractivity contribution in [3.63, 3.8) is 0 Å². The fourth-order valence-corrected chi connectivity index (χ4v) is 4.96. The van der Waals surface area contributed by atoms with Crippen molar-refractivity contribution in [1.29, 1.82) is 0 Å². The molecule has 2 aliphatic carbocycles. The highest BCUT2D eigenvalue weighted by atomic mass is 16.5. The van der Waals surface area contributed by atoms with Crippen LogP contribution in [0.15, 0.2) is 12.2 Å². The molecule has 138 valence electrons. The lowest BCUT2D eigenvalue weighted by Crippen LogP contribution is -2.26. The third kappa shape index (κ3) is 6.26. The van der Waals surface area contributed by atoms with Gasteiger partial charge in [0.25, 0.3) is 0 Å². The van der Waals surface area contributed by atoms with Gasteiger partial charge in [-0.1, -0.05) is 52.0 Å². The number of carbonyl (C=O) groups excluding carboxylic acids is 1. The van der Waals surface area contributed by atoms with Gasteiger partial charge in [-0.05, 0) is 69.1 Å². The van der Waals surface area contributed by atoms with Gasteiger partial charge in [-0.25, -0.2) is 4.79 Å². The monoisotopic (exact) mass is 334 g/mol. The molecule has 0 aromatic rings. The molecule has 0 bridgehead atoms. The minimum absolute atomic E-state index is 0.239. The summed E-state index contributed by atoms with van der Waals surface area (Å²) in [5.41, 5.74) is 0.504. The highest BCUT2D eigenvalue weighted by Gasteiger charge is 2.30. The summed E-state index contributed by atoms with van der Waals surface area (Å²) >= 11 is 0. The topological polar surface area (TPSA) is 26.3 Å². The molecule has 0 aromatic carbocycles. The van der Waals surface area contributed by atoms with E-state index in [1.807, 2.05) is 0 Å². The lowest BCUT2D eigenvalue weighted by atomic mass is 9.68. The molecule has 0 aliphatic heterocycles. The second-order valence-corrected chi connectivity index (χ2v) is 8.41. The quantitative estimate of drug-likeness (QED) is 0.296. The van der Waals surface area contributed by atoms with Crippen LogP contribution in [0.2, 0.25) is 0 Å². The molecule has 2 rings (SSSR count). The minimum atomic E-state index is -0.239. The lowest BCUT2D eigenvalue weighted by molar-refractivity contribution is -0.139. The molecule has 2 fully saturated rings. The number of esters is 1. The van der Waals surface area contributed by atoms with Crippen molar-refractivity contribution in [3.05, 3.63) is 12.2 Å². The summed E-state index contributed by atoms with van der Waals surface area (Å²) in [6.45, 7) is 8.21. The number of hydrogen-bond acceptors (Lipinski definition) is 2. The maximum atomic E-state index is 11.4. The molecule has 0 N–H and O–H groups in total. The molecule has 0 amide bonds. The molecule has 2 aliphatic rings. The normalized spacial score (nSPS) is 30.8. The Hall–Kier alpha value is -0.790. The van der Waals surface area contributed by atoms with Crippen molar-refractivity contribution in [3.8, 4) is 0 Å². The van der Waals surface area contributed by atoms with Crippen LogP contribution in [0.3, 0.4) is 0 Å². The summed E-state index contributed by atoms with van der Waals surface area (Å²) in [7, 11) is 0. The van der Waals surface area contributed by atoms with Crippen LogP contribution in [0.4, 0.5) is 0 Å². The van der Waals surface area contributed by atoms with E-state index in [-0.39, 0.29) is 5.97 Å². The first-order valence-corrected chi connectivity index (χ1v) is 10.4. The van der Waals surface area contributed by atoms with Crippen LogP contribution in [0.5, 0.6) is 0 Å². The largest absolute Gasteiger partial charge is 0.462 e. The lowest BCUT2D eigenvalue weighted by Gasteiger charge is -2.38. The van der Waals surface area contributed by atoms with Gasteiger partial charge in [0.05, 0.1) is 6.61 Å². The summed E-state index contributed by atoms with van der Waals surface area (Å²) in [5.74, 6) is 3.68. The van der Waals surface area contributed by atoms with Gasteiger partial charge < -0.3 is 4.74 Å². The molecular weight excluding hydrogens is 296 g/mol. The molecule has 0 atom stereocenters. The van der Waals surface area contributed by atoms with Crippen LogP contribution in [-0.2, 0) is 9.53 Å². The van der Waals surface area contributed by atoms with E-state index in [0.717, 1.165) is 30.1 Å². The maximum Gasteiger partial charge on any atom is 0.333 e. The molecule has 24 heavy (non-hydrogen) atoms. The molecule has 2 heteroatoms. The van der Waals surface area contributed by atoms with Gasteiger partial charge in [0.1, 0.15) is 0 Å². The Morgan fingerprint density at radius 3 is 1.88 bits per heavy atom. The Kier molecular flexibility index (Phi) is 8.35. The highest BCUT2D eigenvalue weighted by Crippen LogP contribution is 2.42. The number of hydrogen-bond donors (Lipinski definition) is 0. The minimum Gasteiger partial charge on any atom is -0.462 e. The zero-order chi connectivity index (χ0) is 17.4. The fourth-order valence-electron chi connectivity index (χ4n) is 4.96. The van der Waals surface area contributed by atoms with E-state index in [2.05, 4.69) is 13.5 Å². The Morgan fingerprint density at radius 2 is 1.42 bits per heavy atom. The molecular formula is C22H38O2. The van der Waals surface area contributed by atoms with Crippen molar-refractivity contribution >= 4 is 5.97 Å².